The van der Waals surface area contributed by atoms with E-state index in [1.165, 1.54) is 0 Å². The van der Waals surface area contributed by atoms with Crippen LogP contribution in [0, 0.1) is 6.92 Å². The van der Waals surface area contributed by atoms with E-state index in [-0.39, 0.29) is 18.4 Å². The van der Waals surface area contributed by atoms with Crippen LogP contribution in [0.4, 0.5) is 0 Å². The second-order valence-corrected chi connectivity index (χ2v) is 6.24. The number of nitrogens with one attached hydrogen (secondary N) is 2. The topological polar surface area (TPSA) is 110 Å². The van der Waals surface area contributed by atoms with Gasteiger partial charge in [-0.1, -0.05) is 18.1 Å². The van der Waals surface area contributed by atoms with Gasteiger partial charge in [0.1, 0.15) is 5.82 Å². The van der Waals surface area contributed by atoms with Crippen molar-refractivity contribution in [1.82, 2.24) is 30.6 Å². The van der Waals surface area contributed by atoms with Crippen molar-refractivity contribution in [3.8, 4) is 10.7 Å². The molecule has 1 atom stereocenters. The lowest BCUT2D eigenvalue weighted by Crippen LogP contribution is -2.29. The third-order valence-corrected chi connectivity index (χ3v) is 4.31. The molecule has 0 saturated heterocycles. The number of amides is 1. The van der Waals surface area contributed by atoms with Crippen molar-refractivity contribution in [2.75, 3.05) is 0 Å². The normalized spacial score (nSPS) is 12.2. The first kappa shape index (κ1) is 16.3. The van der Waals surface area contributed by atoms with Crippen LogP contribution in [0.1, 0.15) is 43.3 Å². The molecule has 0 unspecified atom stereocenters. The summed E-state index contributed by atoms with van der Waals surface area (Å²) in [6.07, 6.45) is 1.38. The SMILES string of the molecule is CC[C@@H](NC(=O)CCc1nc(-c2cccs2)no1)c1n[nH]c(C)n1. The van der Waals surface area contributed by atoms with E-state index in [1.807, 2.05) is 31.4 Å². The molecule has 3 aromatic rings. The first-order chi connectivity index (χ1) is 11.7. The van der Waals surface area contributed by atoms with Crippen molar-refractivity contribution < 1.29 is 9.32 Å². The Morgan fingerprint density at radius 1 is 1.46 bits per heavy atom. The van der Waals surface area contributed by atoms with E-state index >= 15 is 0 Å². The van der Waals surface area contributed by atoms with Gasteiger partial charge >= 0.3 is 0 Å². The van der Waals surface area contributed by atoms with Gasteiger partial charge in [-0.15, -0.1) is 11.3 Å². The molecule has 3 rings (SSSR count). The Morgan fingerprint density at radius 3 is 3.00 bits per heavy atom. The number of thiophene rings is 1. The summed E-state index contributed by atoms with van der Waals surface area (Å²) in [5.41, 5.74) is 0. The van der Waals surface area contributed by atoms with E-state index in [0.29, 0.717) is 30.4 Å². The fraction of sp³-hybridized carbons (Fsp3) is 0.400. The van der Waals surface area contributed by atoms with Crippen molar-refractivity contribution in [2.45, 2.75) is 39.2 Å². The zero-order valence-electron chi connectivity index (χ0n) is 13.4. The van der Waals surface area contributed by atoms with Crippen molar-refractivity contribution in [1.29, 1.82) is 0 Å². The number of nitrogens with zero attached hydrogens (tertiary/aromatic N) is 4. The van der Waals surface area contributed by atoms with E-state index < -0.39 is 0 Å². The zero-order valence-corrected chi connectivity index (χ0v) is 14.3. The molecule has 8 nitrogen and oxygen atoms in total. The molecule has 0 bridgehead atoms. The molecule has 3 aromatic heterocycles. The molecule has 3 heterocycles. The van der Waals surface area contributed by atoms with Gasteiger partial charge in [-0.2, -0.15) is 10.1 Å². The molecule has 0 aliphatic carbocycles. The Kier molecular flexibility index (Phi) is 4.99. The molecule has 9 heteroatoms. The van der Waals surface area contributed by atoms with Crippen molar-refractivity contribution in [3.05, 3.63) is 35.1 Å². The Bertz CT molecular complexity index is 795. The monoisotopic (exact) mass is 346 g/mol. The van der Waals surface area contributed by atoms with Crippen molar-refractivity contribution >= 4 is 17.2 Å². The highest BCUT2D eigenvalue weighted by molar-refractivity contribution is 7.13. The maximum atomic E-state index is 12.1. The lowest BCUT2D eigenvalue weighted by Gasteiger charge is -2.13. The Balaban J connectivity index is 1.53. The first-order valence-corrected chi connectivity index (χ1v) is 8.58. The molecule has 1 amide bonds. The summed E-state index contributed by atoms with van der Waals surface area (Å²) < 4.78 is 5.19. The van der Waals surface area contributed by atoms with Crippen LogP contribution in [0.25, 0.3) is 10.7 Å². The number of aromatic nitrogens is 5. The summed E-state index contributed by atoms with van der Waals surface area (Å²) in [6, 6.07) is 3.66. The summed E-state index contributed by atoms with van der Waals surface area (Å²) in [6.45, 7) is 3.80. The highest BCUT2D eigenvalue weighted by atomic mass is 32.1. The number of aromatic amines is 1. The van der Waals surface area contributed by atoms with Crippen LogP contribution in [0.15, 0.2) is 22.0 Å². The van der Waals surface area contributed by atoms with Crippen LogP contribution in [0.2, 0.25) is 0 Å². The average molecular weight is 346 g/mol. The molecule has 0 saturated carbocycles. The van der Waals surface area contributed by atoms with Gasteiger partial charge in [-0.05, 0) is 24.8 Å². The van der Waals surface area contributed by atoms with E-state index in [1.54, 1.807) is 11.3 Å². The van der Waals surface area contributed by atoms with E-state index in [2.05, 4.69) is 30.6 Å². The molecule has 0 aliphatic rings. The van der Waals surface area contributed by atoms with E-state index in [9.17, 15) is 4.79 Å². The predicted octanol–water partition coefficient (Wildman–Crippen LogP) is 2.42. The Hall–Kier alpha value is -2.55. The molecule has 0 aromatic carbocycles. The van der Waals surface area contributed by atoms with Gasteiger partial charge in [0.25, 0.3) is 0 Å². The van der Waals surface area contributed by atoms with E-state index in [0.717, 1.165) is 10.7 Å². The third-order valence-electron chi connectivity index (χ3n) is 3.45. The molecular formula is C15H18N6O2S. The maximum absolute atomic E-state index is 12.1. The largest absolute Gasteiger partial charge is 0.346 e. The molecule has 126 valence electrons. The van der Waals surface area contributed by atoms with Crippen LogP contribution < -0.4 is 5.32 Å². The quantitative estimate of drug-likeness (QED) is 0.680. The highest BCUT2D eigenvalue weighted by Crippen LogP contribution is 2.21. The van der Waals surface area contributed by atoms with Gasteiger partial charge in [0.2, 0.25) is 17.6 Å². The summed E-state index contributed by atoms with van der Waals surface area (Å²) in [5.74, 6) is 2.24. The lowest BCUT2D eigenvalue weighted by molar-refractivity contribution is -0.122. The van der Waals surface area contributed by atoms with Crippen LogP contribution in [-0.2, 0) is 11.2 Å². The van der Waals surface area contributed by atoms with Gasteiger partial charge in [-0.25, -0.2) is 4.98 Å². The lowest BCUT2D eigenvalue weighted by atomic mass is 10.2. The van der Waals surface area contributed by atoms with Crippen LogP contribution in [0.3, 0.4) is 0 Å². The number of carbonyl (C=O) groups excluding carboxylic acids is 1. The maximum Gasteiger partial charge on any atom is 0.227 e. The first-order valence-electron chi connectivity index (χ1n) is 7.70. The van der Waals surface area contributed by atoms with Crippen molar-refractivity contribution in [2.24, 2.45) is 0 Å². The standard InChI is InChI=1S/C15H18N6O2S/c1-3-10(14-16-9(2)19-20-14)17-12(22)6-7-13-18-15(21-23-13)11-5-4-8-24-11/h4-5,8,10H,3,6-7H2,1-2H3,(H,17,22)(H,16,19,20)/t10-/m1/s1. The van der Waals surface area contributed by atoms with Crippen molar-refractivity contribution in [3.63, 3.8) is 0 Å². The summed E-state index contributed by atoms with van der Waals surface area (Å²) in [5, 5.41) is 15.7. The molecule has 2 N–H and O–H groups in total. The average Bonchev–Trinajstić information content (AvgIpc) is 3.31. The minimum atomic E-state index is -0.202. The molecule has 24 heavy (non-hydrogen) atoms. The molecular weight excluding hydrogens is 328 g/mol. The molecule has 0 radical (unpaired) electrons. The Labute approximate surface area is 142 Å². The minimum Gasteiger partial charge on any atom is -0.346 e. The second-order valence-electron chi connectivity index (χ2n) is 5.30. The number of H-pyrrole nitrogens is 1. The van der Waals surface area contributed by atoms with Gasteiger partial charge in [0.05, 0.1) is 10.9 Å². The number of aryl methyl sites for hydroxylation is 2. The molecule has 0 aliphatic heterocycles. The minimum absolute atomic E-state index is 0.0971. The predicted molar refractivity (Wildman–Crippen MR) is 88.2 cm³/mol. The molecule has 0 spiro atoms. The number of rotatable bonds is 7. The van der Waals surface area contributed by atoms with E-state index in [4.69, 9.17) is 4.52 Å². The summed E-state index contributed by atoms with van der Waals surface area (Å²) in [4.78, 5) is 21.7. The second kappa shape index (κ2) is 7.35. The molecule has 0 fully saturated rings. The number of hydrogen-bond acceptors (Lipinski definition) is 7. The summed E-state index contributed by atoms with van der Waals surface area (Å²) in [7, 11) is 0. The Morgan fingerprint density at radius 2 is 2.33 bits per heavy atom. The summed E-state index contributed by atoms with van der Waals surface area (Å²) >= 11 is 1.54. The van der Waals surface area contributed by atoms with Gasteiger partial charge in [-0.3, -0.25) is 9.89 Å². The van der Waals surface area contributed by atoms with Crippen LogP contribution >= 0.6 is 11.3 Å². The van der Waals surface area contributed by atoms with Gasteiger partial charge < -0.3 is 9.84 Å². The highest BCUT2D eigenvalue weighted by Gasteiger charge is 2.18. The zero-order chi connectivity index (χ0) is 16.9. The fourth-order valence-electron chi connectivity index (χ4n) is 2.21. The third kappa shape index (κ3) is 3.85. The van der Waals surface area contributed by atoms with Gasteiger partial charge in [0.15, 0.2) is 5.82 Å². The van der Waals surface area contributed by atoms with Crippen LogP contribution in [-0.4, -0.2) is 31.2 Å². The van der Waals surface area contributed by atoms with Gasteiger partial charge in [0, 0.05) is 12.8 Å². The smallest absolute Gasteiger partial charge is 0.227 e. The fourth-order valence-corrected chi connectivity index (χ4v) is 2.86. The number of carbonyl (C=O) groups is 1. The van der Waals surface area contributed by atoms with Crippen LogP contribution in [0.5, 0.6) is 0 Å². The number of hydrogen-bond donors (Lipinski definition) is 2.